The van der Waals surface area contributed by atoms with Crippen molar-refractivity contribution in [2.45, 2.75) is 0 Å². The summed E-state index contributed by atoms with van der Waals surface area (Å²) in [5.41, 5.74) is 2.99. The van der Waals surface area contributed by atoms with Gasteiger partial charge >= 0.3 is 0 Å². The number of amides is 1. The van der Waals surface area contributed by atoms with Gasteiger partial charge in [-0.3, -0.25) is 14.9 Å². The standard InChI is InChI=1S/C20H17N3O5/c1-27-18-8-7-16(23(25)26)9-15(18)12-21-22-20(24)17-10-13-5-3-4-6-14(13)11-19(17)28-2/h3-12H,1-2H3,(H,22,24)/b21-12-. The molecule has 0 spiro atoms. The highest BCUT2D eigenvalue weighted by Gasteiger charge is 2.14. The summed E-state index contributed by atoms with van der Waals surface area (Å²) in [4.78, 5) is 23.0. The molecule has 1 N–H and O–H groups in total. The van der Waals surface area contributed by atoms with E-state index in [1.807, 2.05) is 24.3 Å². The second-order valence-electron chi connectivity index (χ2n) is 5.78. The SMILES string of the molecule is COc1ccc([N+](=O)[O-])cc1/C=N\NC(=O)c1cc2ccccc2cc1OC. The number of rotatable bonds is 6. The summed E-state index contributed by atoms with van der Waals surface area (Å²) in [7, 11) is 2.93. The van der Waals surface area contributed by atoms with Crippen LogP contribution in [-0.4, -0.2) is 31.3 Å². The Hall–Kier alpha value is -3.94. The number of hydrogen-bond acceptors (Lipinski definition) is 6. The lowest BCUT2D eigenvalue weighted by molar-refractivity contribution is -0.384. The van der Waals surface area contributed by atoms with Crippen LogP contribution in [0.5, 0.6) is 11.5 Å². The first-order valence-corrected chi connectivity index (χ1v) is 8.26. The van der Waals surface area contributed by atoms with Gasteiger partial charge in [0, 0.05) is 17.7 Å². The molecule has 28 heavy (non-hydrogen) atoms. The van der Waals surface area contributed by atoms with Gasteiger partial charge in [-0.2, -0.15) is 5.10 Å². The topological polar surface area (TPSA) is 103 Å². The van der Waals surface area contributed by atoms with Crippen LogP contribution in [0.2, 0.25) is 0 Å². The highest BCUT2D eigenvalue weighted by atomic mass is 16.6. The molecule has 0 bridgehead atoms. The molecule has 0 radical (unpaired) electrons. The van der Waals surface area contributed by atoms with Crippen LogP contribution in [0.3, 0.4) is 0 Å². The van der Waals surface area contributed by atoms with Crippen LogP contribution in [0.1, 0.15) is 15.9 Å². The van der Waals surface area contributed by atoms with E-state index in [1.165, 1.54) is 38.6 Å². The summed E-state index contributed by atoms with van der Waals surface area (Å²) in [5, 5.41) is 16.7. The molecule has 0 atom stereocenters. The number of hydrogen-bond donors (Lipinski definition) is 1. The zero-order valence-corrected chi connectivity index (χ0v) is 15.2. The van der Waals surface area contributed by atoms with Crippen molar-refractivity contribution in [1.82, 2.24) is 5.43 Å². The van der Waals surface area contributed by atoms with Gasteiger partial charge in [-0.05, 0) is 29.0 Å². The number of non-ortho nitro benzene ring substituents is 1. The lowest BCUT2D eigenvalue weighted by Gasteiger charge is -2.09. The summed E-state index contributed by atoms with van der Waals surface area (Å²) < 4.78 is 10.5. The zero-order chi connectivity index (χ0) is 20.1. The van der Waals surface area contributed by atoms with Gasteiger partial charge in [0.1, 0.15) is 11.5 Å². The van der Waals surface area contributed by atoms with Gasteiger partial charge in [-0.25, -0.2) is 5.43 Å². The van der Waals surface area contributed by atoms with Gasteiger partial charge in [-0.15, -0.1) is 0 Å². The second kappa shape index (κ2) is 8.17. The molecule has 0 saturated heterocycles. The molecular weight excluding hydrogens is 362 g/mol. The van der Waals surface area contributed by atoms with Crippen LogP contribution in [0, 0.1) is 10.1 Å². The number of methoxy groups -OCH3 is 2. The number of benzene rings is 3. The molecule has 3 aromatic rings. The molecule has 0 saturated carbocycles. The minimum Gasteiger partial charge on any atom is -0.496 e. The first kappa shape index (κ1) is 18.8. The number of carbonyl (C=O) groups is 1. The average Bonchev–Trinajstić information content (AvgIpc) is 2.72. The lowest BCUT2D eigenvalue weighted by atomic mass is 10.1. The van der Waals surface area contributed by atoms with Crippen LogP contribution in [0.15, 0.2) is 59.7 Å². The minimum absolute atomic E-state index is 0.107. The number of carbonyl (C=O) groups excluding carboxylic acids is 1. The van der Waals surface area contributed by atoms with E-state index in [2.05, 4.69) is 10.5 Å². The number of nitrogens with zero attached hydrogens (tertiary/aromatic N) is 2. The van der Waals surface area contributed by atoms with Crippen molar-refractivity contribution in [3.63, 3.8) is 0 Å². The van der Waals surface area contributed by atoms with Crippen molar-refractivity contribution >= 4 is 28.6 Å². The predicted molar refractivity (Wildman–Crippen MR) is 105 cm³/mol. The lowest BCUT2D eigenvalue weighted by Crippen LogP contribution is -2.18. The first-order chi connectivity index (χ1) is 13.5. The summed E-state index contributed by atoms with van der Waals surface area (Å²) in [6, 6.07) is 15.2. The van der Waals surface area contributed by atoms with Gasteiger partial charge < -0.3 is 9.47 Å². The smallest absolute Gasteiger partial charge is 0.275 e. The highest BCUT2D eigenvalue weighted by molar-refractivity contribution is 6.02. The summed E-state index contributed by atoms with van der Waals surface area (Å²) in [5.74, 6) is 0.342. The van der Waals surface area contributed by atoms with Gasteiger partial charge in [0.25, 0.3) is 11.6 Å². The first-order valence-electron chi connectivity index (χ1n) is 8.26. The summed E-state index contributed by atoms with van der Waals surface area (Å²) in [6.07, 6.45) is 1.29. The third kappa shape index (κ3) is 3.90. The molecule has 0 unspecified atom stereocenters. The molecule has 0 heterocycles. The van der Waals surface area contributed by atoms with Crippen molar-refractivity contribution in [3.05, 3.63) is 75.8 Å². The molecule has 0 aliphatic rings. The zero-order valence-electron chi connectivity index (χ0n) is 15.2. The van der Waals surface area contributed by atoms with Gasteiger partial charge in [-0.1, -0.05) is 24.3 Å². The van der Waals surface area contributed by atoms with E-state index < -0.39 is 10.8 Å². The maximum absolute atomic E-state index is 12.5. The van der Waals surface area contributed by atoms with Crippen molar-refractivity contribution < 1.29 is 19.2 Å². The van der Waals surface area contributed by atoms with Gasteiger partial charge in [0.2, 0.25) is 0 Å². The fourth-order valence-electron chi connectivity index (χ4n) is 2.72. The van der Waals surface area contributed by atoms with E-state index in [0.717, 1.165) is 10.8 Å². The van der Waals surface area contributed by atoms with Crippen LogP contribution >= 0.6 is 0 Å². The summed E-state index contributed by atoms with van der Waals surface area (Å²) >= 11 is 0. The molecule has 0 aliphatic heterocycles. The summed E-state index contributed by atoms with van der Waals surface area (Å²) in [6.45, 7) is 0. The third-order valence-corrected chi connectivity index (χ3v) is 4.11. The van der Waals surface area contributed by atoms with E-state index >= 15 is 0 Å². The van der Waals surface area contributed by atoms with E-state index in [4.69, 9.17) is 9.47 Å². The maximum Gasteiger partial charge on any atom is 0.275 e. The molecule has 0 aromatic heterocycles. The Labute approximate surface area is 160 Å². The fourth-order valence-corrected chi connectivity index (χ4v) is 2.72. The Morgan fingerprint density at radius 2 is 1.71 bits per heavy atom. The molecule has 3 aromatic carbocycles. The maximum atomic E-state index is 12.5. The monoisotopic (exact) mass is 379 g/mol. The molecule has 8 nitrogen and oxygen atoms in total. The quantitative estimate of drug-likeness (QED) is 0.401. The highest BCUT2D eigenvalue weighted by Crippen LogP contribution is 2.26. The van der Waals surface area contributed by atoms with Crippen LogP contribution in [-0.2, 0) is 0 Å². The predicted octanol–water partition coefficient (Wildman–Crippen LogP) is 3.53. The Morgan fingerprint density at radius 3 is 2.36 bits per heavy atom. The van der Waals surface area contributed by atoms with Crippen molar-refractivity contribution in [1.29, 1.82) is 0 Å². The Kier molecular flexibility index (Phi) is 5.50. The number of fused-ring (bicyclic) bond motifs is 1. The molecule has 0 fully saturated rings. The molecule has 3 rings (SSSR count). The largest absolute Gasteiger partial charge is 0.496 e. The second-order valence-corrected chi connectivity index (χ2v) is 5.78. The van der Waals surface area contributed by atoms with Crippen molar-refractivity contribution in [2.75, 3.05) is 14.2 Å². The fraction of sp³-hybridized carbons (Fsp3) is 0.100. The molecule has 8 heteroatoms. The number of nitrogens with one attached hydrogen (secondary N) is 1. The Morgan fingerprint density at radius 1 is 1.04 bits per heavy atom. The van der Waals surface area contributed by atoms with Crippen LogP contribution < -0.4 is 14.9 Å². The molecule has 142 valence electrons. The number of hydrazone groups is 1. The number of nitro benzene ring substituents is 1. The van der Waals surface area contributed by atoms with E-state index in [9.17, 15) is 14.9 Å². The minimum atomic E-state index is -0.519. The molecular formula is C20H17N3O5. The van der Waals surface area contributed by atoms with Crippen LogP contribution in [0.25, 0.3) is 10.8 Å². The van der Waals surface area contributed by atoms with Crippen molar-refractivity contribution in [2.24, 2.45) is 5.10 Å². The third-order valence-electron chi connectivity index (χ3n) is 4.11. The van der Waals surface area contributed by atoms with E-state index in [-0.39, 0.29) is 5.69 Å². The van der Waals surface area contributed by atoms with Gasteiger partial charge in [0.05, 0.1) is 30.9 Å². The van der Waals surface area contributed by atoms with Crippen molar-refractivity contribution in [3.8, 4) is 11.5 Å². The Balaban J connectivity index is 1.85. The Bertz CT molecular complexity index is 1080. The number of nitro groups is 1. The van der Waals surface area contributed by atoms with E-state index in [0.29, 0.717) is 22.6 Å². The number of ether oxygens (including phenoxy) is 2. The molecule has 0 aliphatic carbocycles. The van der Waals surface area contributed by atoms with E-state index in [1.54, 1.807) is 12.1 Å². The normalized spacial score (nSPS) is 10.8. The van der Waals surface area contributed by atoms with Crippen LogP contribution in [0.4, 0.5) is 5.69 Å². The molecule has 1 amide bonds. The van der Waals surface area contributed by atoms with Gasteiger partial charge in [0.15, 0.2) is 0 Å². The average molecular weight is 379 g/mol.